The van der Waals surface area contributed by atoms with Gasteiger partial charge in [-0.2, -0.15) is 0 Å². The van der Waals surface area contributed by atoms with Gasteiger partial charge in [0, 0.05) is 0 Å². The normalized spacial score (nSPS) is 11.1. The molecule has 1 rings (SSSR count). The molecule has 0 amide bonds. The largest absolute Gasteiger partial charge is 0.207 e. The Morgan fingerprint density at radius 2 is 1.33 bits per heavy atom. The van der Waals surface area contributed by atoms with Crippen LogP contribution in [0.25, 0.3) is 0 Å². The quantitative estimate of drug-likeness (QED) is 0.467. The zero-order chi connectivity index (χ0) is 13.2. The minimum Gasteiger partial charge on any atom is -0.207 e. The van der Waals surface area contributed by atoms with Crippen LogP contribution in [-0.2, 0) is 0 Å². The summed E-state index contributed by atoms with van der Waals surface area (Å²) in [7, 11) is 0. The van der Waals surface area contributed by atoms with E-state index in [1.165, 1.54) is 56.9 Å². The van der Waals surface area contributed by atoms with Gasteiger partial charge in [0.05, 0.1) is 0 Å². The average molecular weight is 250 g/mol. The third kappa shape index (κ3) is 5.66. The van der Waals surface area contributed by atoms with Gasteiger partial charge in [-0.1, -0.05) is 64.5 Å². The summed E-state index contributed by atoms with van der Waals surface area (Å²) in [6, 6.07) is 7.14. The molecular weight excluding hydrogens is 223 g/mol. The highest BCUT2D eigenvalue weighted by atomic mass is 19.1. The van der Waals surface area contributed by atoms with Gasteiger partial charge in [0.15, 0.2) is 0 Å². The van der Waals surface area contributed by atoms with Gasteiger partial charge < -0.3 is 0 Å². The van der Waals surface area contributed by atoms with Crippen molar-refractivity contribution in [1.29, 1.82) is 0 Å². The maximum absolute atomic E-state index is 13.0. The Morgan fingerprint density at radius 3 is 1.78 bits per heavy atom. The van der Waals surface area contributed by atoms with Crippen LogP contribution in [0.4, 0.5) is 4.39 Å². The van der Waals surface area contributed by atoms with E-state index in [2.05, 4.69) is 13.8 Å². The number of rotatable bonds is 9. The van der Waals surface area contributed by atoms with Crippen LogP contribution >= 0.6 is 0 Å². The highest BCUT2D eigenvalue weighted by Crippen LogP contribution is 2.28. The average Bonchev–Trinajstić information content (AvgIpc) is 2.38. The predicted octanol–water partition coefficient (Wildman–Crippen LogP) is 6.07. The summed E-state index contributed by atoms with van der Waals surface area (Å²) in [5, 5.41) is 0. The zero-order valence-electron chi connectivity index (χ0n) is 11.9. The van der Waals surface area contributed by atoms with E-state index in [0.29, 0.717) is 5.92 Å². The summed E-state index contributed by atoms with van der Waals surface area (Å²) < 4.78 is 13.0. The molecule has 0 aliphatic rings. The fourth-order valence-electron chi connectivity index (χ4n) is 2.49. The lowest BCUT2D eigenvalue weighted by Crippen LogP contribution is -2.00. The van der Waals surface area contributed by atoms with E-state index >= 15 is 0 Å². The Hall–Kier alpha value is -0.850. The van der Waals surface area contributed by atoms with Crippen molar-refractivity contribution in [3.8, 4) is 0 Å². The van der Waals surface area contributed by atoms with E-state index in [1.54, 1.807) is 12.1 Å². The number of halogens is 1. The summed E-state index contributed by atoms with van der Waals surface area (Å²) in [5.41, 5.74) is 1.32. The SMILES string of the molecule is CCCCCC(CCCCC)c1ccc(F)cc1. The smallest absolute Gasteiger partial charge is 0.123 e. The Morgan fingerprint density at radius 1 is 0.833 bits per heavy atom. The Kier molecular flexibility index (Phi) is 7.71. The number of unbranched alkanes of at least 4 members (excludes halogenated alkanes) is 4. The lowest BCUT2D eigenvalue weighted by Gasteiger charge is -2.17. The van der Waals surface area contributed by atoms with E-state index < -0.39 is 0 Å². The van der Waals surface area contributed by atoms with Gasteiger partial charge in [-0.25, -0.2) is 4.39 Å². The Balaban J connectivity index is 2.54. The first-order valence-electron chi connectivity index (χ1n) is 7.53. The summed E-state index contributed by atoms with van der Waals surface area (Å²) >= 11 is 0. The maximum Gasteiger partial charge on any atom is 0.123 e. The van der Waals surface area contributed by atoms with E-state index in [9.17, 15) is 4.39 Å². The predicted molar refractivity (Wildman–Crippen MR) is 77.4 cm³/mol. The molecule has 0 radical (unpaired) electrons. The third-order valence-electron chi connectivity index (χ3n) is 3.65. The molecular formula is C17H27F. The lowest BCUT2D eigenvalue weighted by molar-refractivity contribution is 0.505. The Labute approximate surface area is 112 Å². The monoisotopic (exact) mass is 250 g/mol. The van der Waals surface area contributed by atoms with E-state index in [4.69, 9.17) is 0 Å². The highest BCUT2D eigenvalue weighted by Gasteiger charge is 2.11. The number of benzene rings is 1. The second-order valence-corrected chi connectivity index (χ2v) is 5.24. The van der Waals surface area contributed by atoms with Crippen LogP contribution in [0.2, 0.25) is 0 Å². The summed E-state index contributed by atoms with van der Waals surface area (Å²) in [4.78, 5) is 0. The molecule has 0 aliphatic heterocycles. The molecule has 18 heavy (non-hydrogen) atoms. The van der Waals surface area contributed by atoms with Crippen molar-refractivity contribution in [1.82, 2.24) is 0 Å². The topological polar surface area (TPSA) is 0 Å². The summed E-state index contributed by atoms with van der Waals surface area (Å²) in [6.07, 6.45) is 10.3. The van der Waals surface area contributed by atoms with Gasteiger partial charge in [-0.3, -0.25) is 0 Å². The van der Waals surface area contributed by atoms with Crippen molar-refractivity contribution in [2.75, 3.05) is 0 Å². The van der Waals surface area contributed by atoms with Crippen LogP contribution in [0.1, 0.15) is 76.7 Å². The summed E-state index contributed by atoms with van der Waals surface area (Å²) in [6.45, 7) is 4.48. The molecule has 0 heterocycles. The first kappa shape index (κ1) is 15.2. The fraction of sp³-hybridized carbons (Fsp3) is 0.647. The van der Waals surface area contributed by atoms with E-state index in [1.807, 2.05) is 12.1 Å². The lowest BCUT2D eigenvalue weighted by atomic mass is 9.88. The molecule has 0 aliphatic carbocycles. The molecule has 0 aromatic heterocycles. The minimum absolute atomic E-state index is 0.125. The summed E-state index contributed by atoms with van der Waals surface area (Å²) in [5.74, 6) is 0.503. The van der Waals surface area contributed by atoms with Gasteiger partial charge >= 0.3 is 0 Å². The second kappa shape index (κ2) is 9.13. The highest BCUT2D eigenvalue weighted by molar-refractivity contribution is 5.20. The van der Waals surface area contributed by atoms with Crippen molar-refractivity contribution >= 4 is 0 Å². The van der Waals surface area contributed by atoms with Gasteiger partial charge in [0.25, 0.3) is 0 Å². The maximum atomic E-state index is 13.0. The first-order valence-corrected chi connectivity index (χ1v) is 7.53. The molecule has 0 bridgehead atoms. The van der Waals surface area contributed by atoms with Gasteiger partial charge in [-0.05, 0) is 36.5 Å². The van der Waals surface area contributed by atoms with Crippen molar-refractivity contribution in [2.45, 2.75) is 71.1 Å². The van der Waals surface area contributed by atoms with E-state index in [0.717, 1.165) is 0 Å². The first-order chi connectivity index (χ1) is 8.77. The third-order valence-corrected chi connectivity index (χ3v) is 3.65. The molecule has 0 saturated carbocycles. The molecule has 0 spiro atoms. The zero-order valence-corrected chi connectivity index (χ0v) is 11.9. The second-order valence-electron chi connectivity index (χ2n) is 5.24. The van der Waals surface area contributed by atoms with Crippen LogP contribution in [0, 0.1) is 5.82 Å². The number of hydrogen-bond donors (Lipinski definition) is 0. The molecule has 0 atom stereocenters. The molecule has 0 nitrogen and oxygen atoms in total. The molecule has 1 aromatic rings. The van der Waals surface area contributed by atoms with Crippen LogP contribution < -0.4 is 0 Å². The van der Waals surface area contributed by atoms with Crippen LogP contribution in [0.3, 0.4) is 0 Å². The molecule has 0 N–H and O–H groups in total. The van der Waals surface area contributed by atoms with Crippen molar-refractivity contribution in [2.24, 2.45) is 0 Å². The van der Waals surface area contributed by atoms with Gasteiger partial charge in [0.2, 0.25) is 0 Å². The standard InChI is InChI=1S/C17H27F/c1-3-5-7-9-15(10-8-6-4-2)16-11-13-17(18)14-12-16/h11-15H,3-10H2,1-2H3. The van der Waals surface area contributed by atoms with Crippen LogP contribution in [-0.4, -0.2) is 0 Å². The fourth-order valence-corrected chi connectivity index (χ4v) is 2.49. The molecule has 1 heteroatoms. The Bertz CT molecular complexity index is 292. The van der Waals surface area contributed by atoms with Gasteiger partial charge in [-0.15, -0.1) is 0 Å². The van der Waals surface area contributed by atoms with Crippen molar-refractivity contribution < 1.29 is 4.39 Å². The van der Waals surface area contributed by atoms with Crippen molar-refractivity contribution in [3.63, 3.8) is 0 Å². The number of hydrogen-bond acceptors (Lipinski definition) is 0. The van der Waals surface area contributed by atoms with Gasteiger partial charge in [0.1, 0.15) is 5.82 Å². The molecule has 0 fully saturated rings. The molecule has 0 saturated heterocycles. The van der Waals surface area contributed by atoms with Crippen LogP contribution in [0.15, 0.2) is 24.3 Å². The van der Waals surface area contributed by atoms with E-state index in [-0.39, 0.29) is 5.82 Å². The van der Waals surface area contributed by atoms with Crippen molar-refractivity contribution in [3.05, 3.63) is 35.6 Å². The van der Waals surface area contributed by atoms with Crippen LogP contribution in [0.5, 0.6) is 0 Å². The molecule has 0 unspecified atom stereocenters. The molecule has 102 valence electrons. The molecule has 1 aromatic carbocycles. The minimum atomic E-state index is -0.125.